The van der Waals surface area contributed by atoms with Gasteiger partial charge in [-0.3, -0.25) is 0 Å². The third kappa shape index (κ3) is 2.44. The highest BCUT2D eigenvalue weighted by atomic mass is 19.4. The van der Waals surface area contributed by atoms with Crippen LogP contribution in [0.15, 0.2) is 18.2 Å². The number of halogens is 4. The van der Waals surface area contributed by atoms with Crippen molar-refractivity contribution in [1.82, 2.24) is 0 Å². The van der Waals surface area contributed by atoms with Crippen LogP contribution in [0.25, 0.3) is 0 Å². The zero-order valence-corrected chi connectivity index (χ0v) is 9.13. The SMILES string of the molecule is CC1CC1C(O)c1ccc(C(F)(F)F)c(F)c1. The molecule has 0 saturated heterocycles. The van der Waals surface area contributed by atoms with Crippen LogP contribution in [0.1, 0.15) is 30.6 Å². The van der Waals surface area contributed by atoms with Gasteiger partial charge in [0.1, 0.15) is 5.82 Å². The van der Waals surface area contributed by atoms with E-state index in [1.54, 1.807) is 0 Å². The largest absolute Gasteiger partial charge is 0.419 e. The van der Waals surface area contributed by atoms with Crippen molar-refractivity contribution >= 4 is 0 Å². The Hall–Kier alpha value is -1.10. The second-order valence-electron chi connectivity index (χ2n) is 4.56. The molecule has 0 heterocycles. The summed E-state index contributed by atoms with van der Waals surface area (Å²) in [7, 11) is 0. The molecule has 0 spiro atoms. The van der Waals surface area contributed by atoms with Gasteiger partial charge in [0, 0.05) is 0 Å². The quantitative estimate of drug-likeness (QED) is 0.794. The molecular weight excluding hydrogens is 236 g/mol. The average Bonchev–Trinajstić information content (AvgIpc) is 2.92. The Balaban J connectivity index is 2.25. The molecule has 2 rings (SSSR count). The van der Waals surface area contributed by atoms with Crippen LogP contribution in [0, 0.1) is 17.7 Å². The van der Waals surface area contributed by atoms with Gasteiger partial charge in [-0.2, -0.15) is 13.2 Å². The van der Waals surface area contributed by atoms with Crippen molar-refractivity contribution in [2.45, 2.75) is 25.6 Å². The van der Waals surface area contributed by atoms with Crippen molar-refractivity contribution in [1.29, 1.82) is 0 Å². The Kier molecular flexibility index (Phi) is 2.89. The Morgan fingerprint density at radius 3 is 2.35 bits per heavy atom. The van der Waals surface area contributed by atoms with Gasteiger partial charge in [0.05, 0.1) is 11.7 Å². The molecule has 0 radical (unpaired) electrons. The summed E-state index contributed by atoms with van der Waals surface area (Å²) in [6, 6.07) is 2.60. The number of rotatable bonds is 2. The minimum atomic E-state index is -4.69. The van der Waals surface area contributed by atoms with Crippen molar-refractivity contribution in [3.63, 3.8) is 0 Å². The van der Waals surface area contributed by atoms with E-state index in [0.717, 1.165) is 18.6 Å². The fourth-order valence-corrected chi connectivity index (χ4v) is 1.98. The number of aliphatic hydroxyl groups excluding tert-OH is 1. The predicted molar refractivity (Wildman–Crippen MR) is 53.6 cm³/mol. The first-order chi connectivity index (χ1) is 7.80. The van der Waals surface area contributed by atoms with E-state index in [4.69, 9.17) is 0 Å². The summed E-state index contributed by atoms with van der Waals surface area (Å²) in [5.74, 6) is -0.955. The summed E-state index contributed by atoms with van der Waals surface area (Å²) in [6.07, 6.45) is -4.74. The van der Waals surface area contributed by atoms with Crippen LogP contribution in [0.4, 0.5) is 17.6 Å². The molecule has 1 nitrogen and oxygen atoms in total. The zero-order valence-electron chi connectivity index (χ0n) is 9.13. The third-order valence-corrected chi connectivity index (χ3v) is 3.22. The molecule has 1 aromatic carbocycles. The summed E-state index contributed by atoms with van der Waals surface area (Å²) in [5, 5.41) is 9.80. The molecule has 1 aromatic rings. The van der Waals surface area contributed by atoms with Gasteiger partial charge < -0.3 is 5.11 Å². The smallest absolute Gasteiger partial charge is 0.388 e. The van der Waals surface area contributed by atoms with Crippen molar-refractivity contribution in [3.05, 3.63) is 35.1 Å². The van der Waals surface area contributed by atoms with Gasteiger partial charge in [0.15, 0.2) is 0 Å². The van der Waals surface area contributed by atoms with Crippen molar-refractivity contribution in [2.75, 3.05) is 0 Å². The minimum Gasteiger partial charge on any atom is -0.388 e. The monoisotopic (exact) mass is 248 g/mol. The van der Waals surface area contributed by atoms with Gasteiger partial charge in [-0.25, -0.2) is 4.39 Å². The highest BCUT2D eigenvalue weighted by Gasteiger charge is 2.40. The summed E-state index contributed by atoms with van der Waals surface area (Å²) < 4.78 is 50.2. The predicted octanol–water partition coefficient (Wildman–Crippen LogP) is 3.53. The topological polar surface area (TPSA) is 20.2 Å². The van der Waals surface area contributed by atoms with Crippen molar-refractivity contribution in [3.8, 4) is 0 Å². The van der Waals surface area contributed by atoms with Gasteiger partial charge in [0.2, 0.25) is 0 Å². The maximum absolute atomic E-state index is 13.3. The van der Waals surface area contributed by atoms with Gasteiger partial charge >= 0.3 is 6.18 Å². The van der Waals surface area contributed by atoms with Gasteiger partial charge in [-0.1, -0.05) is 13.0 Å². The zero-order chi connectivity index (χ0) is 12.8. The normalized spacial score (nSPS) is 25.8. The molecule has 3 unspecified atom stereocenters. The molecular formula is C12H12F4O. The van der Waals surface area contributed by atoms with E-state index < -0.39 is 23.7 Å². The number of aliphatic hydroxyl groups is 1. The molecule has 1 aliphatic carbocycles. The Morgan fingerprint density at radius 1 is 1.35 bits per heavy atom. The molecule has 94 valence electrons. The summed E-state index contributed by atoms with van der Waals surface area (Å²) >= 11 is 0. The number of alkyl halides is 3. The van der Waals surface area contributed by atoms with E-state index in [0.29, 0.717) is 12.0 Å². The molecule has 1 saturated carbocycles. The molecule has 3 atom stereocenters. The highest BCUT2D eigenvalue weighted by Crippen LogP contribution is 2.47. The summed E-state index contributed by atoms with van der Waals surface area (Å²) in [5.41, 5.74) is -1.08. The maximum atomic E-state index is 13.3. The fourth-order valence-electron chi connectivity index (χ4n) is 1.98. The van der Waals surface area contributed by atoms with Crippen molar-refractivity contribution in [2.24, 2.45) is 11.8 Å². The lowest BCUT2D eigenvalue weighted by Gasteiger charge is -2.13. The standard InChI is InChI=1S/C12H12F4O/c1-6-4-8(6)11(17)7-2-3-9(10(13)5-7)12(14,15)16/h2-3,5-6,8,11,17H,4H2,1H3. The highest BCUT2D eigenvalue weighted by molar-refractivity contribution is 5.28. The summed E-state index contributed by atoms with van der Waals surface area (Å²) in [6.45, 7) is 1.94. The fraction of sp³-hybridized carbons (Fsp3) is 0.500. The lowest BCUT2D eigenvalue weighted by Crippen LogP contribution is -2.10. The molecule has 1 N–H and O–H groups in total. The third-order valence-electron chi connectivity index (χ3n) is 3.22. The molecule has 1 fully saturated rings. The lowest BCUT2D eigenvalue weighted by molar-refractivity contribution is -0.140. The second kappa shape index (κ2) is 3.98. The van der Waals surface area contributed by atoms with Gasteiger partial charge in [-0.05, 0) is 36.0 Å². The number of hydrogen-bond donors (Lipinski definition) is 1. The first kappa shape index (κ1) is 12.4. The average molecular weight is 248 g/mol. The molecule has 0 bridgehead atoms. The molecule has 0 aliphatic heterocycles. The Morgan fingerprint density at radius 2 is 1.94 bits per heavy atom. The van der Waals surface area contributed by atoms with Crippen LogP contribution in [-0.2, 0) is 6.18 Å². The van der Waals surface area contributed by atoms with Gasteiger partial charge in [0.25, 0.3) is 0 Å². The molecule has 0 aromatic heterocycles. The van der Waals surface area contributed by atoms with Crippen LogP contribution < -0.4 is 0 Å². The van der Waals surface area contributed by atoms with Crippen LogP contribution in [-0.4, -0.2) is 5.11 Å². The second-order valence-corrected chi connectivity index (χ2v) is 4.56. The van der Waals surface area contributed by atoms with E-state index in [1.807, 2.05) is 6.92 Å². The molecule has 1 aliphatic rings. The van der Waals surface area contributed by atoms with Crippen molar-refractivity contribution < 1.29 is 22.7 Å². The van der Waals surface area contributed by atoms with Crippen LogP contribution in [0.5, 0.6) is 0 Å². The maximum Gasteiger partial charge on any atom is 0.419 e. The van der Waals surface area contributed by atoms with E-state index in [1.165, 1.54) is 0 Å². The lowest BCUT2D eigenvalue weighted by atomic mass is 10.0. The Labute approximate surface area is 96.1 Å². The van der Waals surface area contributed by atoms with E-state index in [9.17, 15) is 22.7 Å². The summed E-state index contributed by atoms with van der Waals surface area (Å²) in [4.78, 5) is 0. The molecule has 5 heteroatoms. The molecule has 17 heavy (non-hydrogen) atoms. The van der Waals surface area contributed by atoms with Crippen LogP contribution >= 0.6 is 0 Å². The van der Waals surface area contributed by atoms with E-state index in [-0.39, 0.29) is 11.5 Å². The Bertz CT molecular complexity index is 427. The van der Waals surface area contributed by atoms with Crippen LogP contribution in [0.2, 0.25) is 0 Å². The van der Waals surface area contributed by atoms with E-state index in [2.05, 4.69) is 0 Å². The first-order valence-corrected chi connectivity index (χ1v) is 5.35. The van der Waals surface area contributed by atoms with Crippen LogP contribution in [0.3, 0.4) is 0 Å². The minimum absolute atomic E-state index is 0.0335. The number of benzene rings is 1. The first-order valence-electron chi connectivity index (χ1n) is 5.35. The molecule has 0 amide bonds. The van der Waals surface area contributed by atoms with E-state index >= 15 is 0 Å². The van der Waals surface area contributed by atoms with Gasteiger partial charge in [-0.15, -0.1) is 0 Å². The number of hydrogen-bond acceptors (Lipinski definition) is 1.